The van der Waals surface area contributed by atoms with Crippen LogP contribution in [0.1, 0.15) is 91.9 Å². The Morgan fingerprint density at radius 2 is 1.37 bits per heavy atom. The molecule has 7 aliphatic rings. The smallest absolute Gasteiger partial charge is 0.331 e. The number of rotatable bonds is 2. The first kappa shape index (κ1) is 34.7. The minimum atomic E-state index is -0.906. The number of fused-ring (bicyclic) bond motifs is 5. The van der Waals surface area contributed by atoms with Crippen LogP contribution in [0, 0.1) is 34.5 Å². The van der Waals surface area contributed by atoms with E-state index in [9.17, 15) is 40.5 Å². The molecular formula is C35H56O11. The maximum absolute atomic E-state index is 12.1. The average Bonchev–Trinajstić information content (AvgIpc) is 3.56. The largest absolute Gasteiger partial charge is 0.458 e. The van der Waals surface area contributed by atoms with Gasteiger partial charge in [0.05, 0.1) is 54.4 Å². The van der Waals surface area contributed by atoms with E-state index in [1.165, 1.54) is 0 Å². The van der Waals surface area contributed by atoms with Gasteiger partial charge in [-0.25, -0.2) is 4.79 Å². The first-order valence-corrected chi connectivity index (χ1v) is 17.6. The van der Waals surface area contributed by atoms with Crippen LogP contribution in [-0.2, 0) is 19.0 Å². The molecule has 7 N–H and O–H groups in total. The van der Waals surface area contributed by atoms with Crippen LogP contribution in [0.15, 0.2) is 11.6 Å². The number of aliphatic hydroxyl groups excluding tert-OH is 6. The topological polar surface area (TPSA) is 186 Å². The normalized spacial score (nSPS) is 55.2. The van der Waals surface area contributed by atoms with Gasteiger partial charge in [-0.2, -0.15) is 0 Å². The molecule has 0 spiro atoms. The van der Waals surface area contributed by atoms with Crippen molar-refractivity contribution >= 4 is 5.97 Å². The fraction of sp³-hybridized carbons (Fsp3) is 0.914. The van der Waals surface area contributed by atoms with Crippen molar-refractivity contribution in [2.45, 2.75) is 159 Å². The maximum Gasteiger partial charge on any atom is 0.331 e. The van der Waals surface area contributed by atoms with Crippen molar-refractivity contribution in [3.8, 4) is 0 Å². The Morgan fingerprint density at radius 1 is 0.761 bits per heavy atom. The van der Waals surface area contributed by atoms with E-state index in [1.54, 1.807) is 19.9 Å². The average molecular weight is 653 g/mol. The number of cyclic esters (lactones) is 1. The number of esters is 1. The number of hydrogen-bond acceptors (Lipinski definition) is 11. The van der Waals surface area contributed by atoms with E-state index >= 15 is 0 Å². The SMILES string of the molecule is CC1O[C@@H]([C@H]2C[C@@H](O)[C@H](O)C(C)O2)C[C@@H](O)[C@@H]1O.C[C@]12CC[C@H](O)C[C@H]1CC[C@@H]1[C@@H]2C[C@@H](O)[C@]2(C)[C@@H](C3=CC(=O)OC3)CC[C@]12O. The fourth-order valence-electron chi connectivity index (χ4n) is 11.0. The number of ether oxygens (including phenoxy) is 3. The van der Waals surface area contributed by atoms with E-state index in [1.807, 2.05) is 6.92 Å². The third kappa shape index (κ3) is 5.59. The van der Waals surface area contributed by atoms with Gasteiger partial charge in [0.15, 0.2) is 0 Å². The van der Waals surface area contributed by atoms with E-state index in [0.717, 1.165) is 44.1 Å². The second-order valence-electron chi connectivity index (χ2n) is 16.1. The lowest BCUT2D eigenvalue weighted by Gasteiger charge is -2.64. The molecule has 7 rings (SSSR count). The van der Waals surface area contributed by atoms with E-state index in [2.05, 4.69) is 6.92 Å². The first-order chi connectivity index (χ1) is 21.6. The molecule has 11 nitrogen and oxygen atoms in total. The predicted octanol–water partition coefficient (Wildman–Crippen LogP) is 1.36. The van der Waals surface area contributed by atoms with Crippen LogP contribution >= 0.6 is 0 Å². The standard InChI is InChI=1S/C23H34O5.C12H22O6/c1-21-7-5-15(24)10-14(21)3-4-17-18(21)11-19(25)22(2)16(6-8-23(17,22)27)13-9-20(26)28-12-13;1-5-11(15)7(13)3-9(17-5)10-4-8(14)12(16)6(2)18-10/h9,14-19,24-25,27H,3-8,10-12H2,1-2H3;5-16H,3-4H2,1-2H3/t14-,15+,16-,17-,18+,19-,21+,22+,23+;5?,6?,7-,8-,9-,10-,11-,12-/m11/s1. The fourth-order valence-corrected chi connectivity index (χ4v) is 11.0. The van der Waals surface area contributed by atoms with Crippen LogP contribution in [0.4, 0.5) is 0 Å². The van der Waals surface area contributed by atoms with Gasteiger partial charge in [0.1, 0.15) is 18.8 Å². The summed E-state index contributed by atoms with van der Waals surface area (Å²) in [6.45, 7) is 8.08. The van der Waals surface area contributed by atoms with Gasteiger partial charge in [-0.1, -0.05) is 13.8 Å². The molecule has 11 heteroatoms. The molecular weight excluding hydrogens is 596 g/mol. The van der Waals surface area contributed by atoms with E-state index in [0.29, 0.717) is 31.3 Å². The summed E-state index contributed by atoms with van der Waals surface area (Å²) in [4.78, 5) is 11.6. The van der Waals surface area contributed by atoms with Gasteiger partial charge in [-0.05, 0) is 99.9 Å². The molecule has 262 valence electrons. The van der Waals surface area contributed by atoms with Crippen molar-refractivity contribution in [2.24, 2.45) is 34.5 Å². The Labute approximate surface area is 271 Å². The molecule has 0 radical (unpaired) electrons. The number of carbonyl (C=O) groups is 1. The van der Waals surface area contributed by atoms with Crippen molar-refractivity contribution in [3.63, 3.8) is 0 Å². The molecule has 0 aromatic rings. The van der Waals surface area contributed by atoms with Crippen molar-refractivity contribution in [1.29, 1.82) is 0 Å². The highest BCUT2D eigenvalue weighted by atomic mass is 16.6. The van der Waals surface area contributed by atoms with Crippen LogP contribution < -0.4 is 0 Å². The Balaban J connectivity index is 0.000000179. The lowest BCUT2D eigenvalue weighted by Crippen LogP contribution is -2.67. The second-order valence-corrected chi connectivity index (χ2v) is 16.1. The van der Waals surface area contributed by atoms with Gasteiger partial charge in [-0.3, -0.25) is 0 Å². The molecule has 0 aromatic heterocycles. The molecule has 2 unspecified atom stereocenters. The monoisotopic (exact) mass is 652 g/mol. The molecule has 3 aliphatic heterocycles. The Morgan fingerprint density at radius 3 is 1.91 bits per heavy atom. The molecule has 4 saturated carbocycles. The zero-order valence-corrected chi connectivity index (χ0v) is 27.7. The van der Waals surface area contributed by atoms with Gasteiger partial charge in [0.2, 0.25) is 0 Å². The van der Waals surface area contributed by atoms with Gasteiger partial charge in [0, 0.05) is 24.3 Å². The third-order valence-electron chi connectivity index (χ3n) is 13.9. The number of hydrogen-bond donors (Lipinski definition) is 7. The van der Waals surface area contributed by atoms with E-state index in [4.69, 9.17) is 14.2 Å². The summed E-state index contributed by atoms with van der Waals surface area (Å²) in [7, 11) is 0. The van der Waals surface area contributed by atoms with Crippen LogP contribution in [0.5, 0.6) is 0 Å². The lowest BCUT2D eigenvalue weighted by atomic mass is 9.42. The van der Waals surface area contributed by atoms with Gasteiger partial charge in [-0.15, -0.1) is 0 Å². The third-order valence-corrected chi connectivity index (χ3v) is 13.9. The molecule has 0 aromatic carbocycles. The second kappa shape index (κ2) is 12.6. The van der Waals surface area contributed by atoms with Crippen molar-refractivity contribution in [1.82, 2.24) is 0 Å². The van der Waals surface area contributed by atoms with Gasteiger partial charge >= 0.3 is 5.97 Å². The summed E-state index contributed by atoms with van der Waals surface area (Å²) in [6, 6.07) is 0. The molecule has 2 saturated heterocycles. The Kier molecular flexibility index (Phi) is 9.53. The summed E-state index contributed by atoms with van der Waals surface area (Å²) in [5.74, 6) is 0.657. The summed E-state index contributed by atoms with van der Waals surface area (Å²) in [5.41, 5.74) is -0.507. The zero-order chi connectivity index (χ0) is 33.3. The molecule has 3 heterocycles. The minimum Gasteiger partial charge on any atom is -0.458 e. The molecule has 6 fully saturated rings. The van der Waals surface area contributed by atoms with E-state index in [-0.39, 0.29) is 54.4 Å². The summed E-state index contributed by atoms with van der Waals surface area (Å²) in [6.07, 6.45) is 3.07. The van der Waals surface area contributed by atoms with Crippen LogP contribution in [-0.4, -0.2) is 115 Å². The minimum absolute atomic E-state index is 0.00129. The summed E-state index contributed by atoms with van der Waals surface area (Å²) < 4.78 is 16.4. The van der Waals surface area contributed by atoms with Gasteiger partial charge < -0.3 is 50.0 Å². The van der Waals surface area contributed by atoms with Gasteiger partial charge in [0.25, 0.3) is 0 Å². The lowest BCUT2D eigenvalue weighted by molar-refractivity contribution is -0.244. The molecule has 0 bridgehead atoms. The summed E-state index contributed by atoms with van der Waals surface area (Å²) in [5, 5.41) is 72.4. The van der Waals surface area contributed by atoms with Crippen molar-refractivity contribution in [3.05, 3.63) is 11.6 Å². The van der Waals surface area contributed by atoms with Crippen LogP contribution in [0.25, 0.3) is 0 Å². The quantitative estimate of drug-likeness (QED) is 0.214. The Bertz CT molecular complexity index is 1110. The zero-order valence-electron chi connectivity index (χ0n) is 27.7. The van der Waals surface area contributed by atoms with Crippen molar-refractivity contribution in [2.75, 3.05) is 6.61 Å². The Hall–Kier alpha value is -1.15. The van der Waals surface area contributed by atoms with Crippen LogP contribution in [0.3, 0.4) is 0 Å². The highest BCUT2D eigenvalue weighted by Gasteiger charge is 2.70. The molecule has 17 atom stereocenters. The van der Waals surface area contributed by atoms with Crippen molar-refractivity contribution < 1.29 is 54.8 Å². The molecule has 0 amide bonds. The predicted molar refractivity (Wildman–Crippen MR) is 165 cm³/mol. The van der Waals surface area contributed by atoms with E-state index < -0.39 is 53.7 Å². The first-order valence-electron chi connectivity index (χ1n) is 17.6. The highest BCUT2D eigenvalue weighted by molar-refractivity contribution is 5.85. The number of aliphatic hydroxyl groups is 7. The number of carbonyl (C=O) groups excluding carboxylic acids is 1. The summed E-state index contributed by atoms with van der Waals surface area (Å²) >= 11 is 0. The maximum atomic E-state index is 12.1. The molecule has 46 heavy (non-hydrogen) atoms. The molecule has 4 aliphatic carbocycles. The highest BCUT2D eigenvalue weighted by Crippen LogP contribution is 2.69. The van der Waals surface area contributed by atoms with Crippen LogP contribution in [0.2, 0.25) is 0 Å².